The Morgan fingerprint density at radius 3 is 2.43 bits per heavy atom. The van der Waals surface area contributed by atoms with E-state index in [2.05, 4.69) is 34.5 Å². The quantitative estimate of drug-likeness (QED) is 0.846. The molecule has 3 amide bonds. The van der Waals surface area contributed by atoms with Crippen molar-refractivity contribution in [2.45, 2.75) is 44.7 Å². The third kappa shape index (κ3) is 5.47. The molecule has 2 aliphatic heterocycles. The summed E-state index contributed by atoms with van der Waals surface area (Å²) in [6.07, 6.45) is 5.10. The molecule has 0 saturated carbocycles. The normalized spacial score (nSPS) is 21.4. The summed E-state index contributed by atoms with van der Waals surface area (Å²) in [5.41, 5.74) is 1.33. The number of nitrogens with zero attached hydrogens (tertiary/aromatic N) is 3. The van der Waals surface area contributed by atoms with Gasteiger partial charge in [-0.1, -0.05) is 36.8 Å². The van der Waals surface area contributed by atoms with Crippen molar-refractivity contribution >= 4 is 11.9 Å². The van der Waals surface area contributed by atoms with Crippen molar-refractivity contribution in [2.24, 2.45) is 5.92 Å². The van der Waals surface area contributed by atoms with Crippen LogP contribution >= 0.6 is 0 Å². The van der Waals surface area contributed by atoms with E-state index in [1.165, 1.54) is 18.4 Å². The number of hydrogen-bond donors (Lipinski definition) is 1. The number of carbonyl (C=O) groups is 2. The van der Waals surface area contributed by atoms with Crippen LogP contribution in [-0.2, 0) is 11.3 Å². The Labute approximate surface area is 168 Å². The first kappa shape index (κ1) is 20.6. The van der Waals surface area contributed by atoms with Crippen LogP contribution in [0.1, 0.15) is 37.7 Å². The van der Waals surface area contributed by atoms with Crippen molar-refractivity contribution in [2.75, 3.05) is 40.3 Å². The number of likely N-dealkylation sites (tertiary alicyclic amines) is 2. The Bertz CT molecular complexity index is 641. The number of nitrogens with one attached hydrogen (secondary N) is 1. The summed E-state index contributed by atoms with van der Waals surface area (Å²) in [4.78, 5) is 30.7. The molecule has 1 N–H and O–H groups in total. The van der Waals surface area contributed by atoms with E-state index in [4.69, 9.17) is 0 Å². The number of benzene rings is 1. The molecule has 2 aliphatic rings. The summed E-state index contributed by atoms with van der Waals surface area (Å²) >= 11 is 0. The number of urea groups is 1. The van der Waals surface area contributed by atoms with Gasteiger partial charge in [0.15, 0.2) is 0 Å². The van der Waals surface area contributed by atoms with Crippen molar-refractivity contribution in [3.05, 3.63) is 35.9 Å². The van der Waals surface area contributed by atoms with Crippen LogP contribution in [0.5, 0.6) is 0 Å². The second-order valence-electron chi connectivity index (χ2n) is 8.29. The van der Waals surface area contributed by atoms with Crippen LogP contribution in [0.3, 0.4) is 0 Å². The highest BCUT2D eigenvalue weighted by molar-refractivity contribution is 5.79. The van der Waals surface area contributed by atoms with Gasteiger partial charge in [-0.15, -0.1) is 0 Å². The molecule has 1 atom stereocenters. The molecule has 0 spiro atoms. The van der Waals surface area contributed by atoms with Crippen LogP contribution in [0, 0.1) is 5.92 Å². The molecule has 2 fully saturated rings. The minimum atomic E-state index is 0.0148. The van der Waals surface area contributed by atoms with E-state index >= 15 is 0 Å². The van der Waals surface area contributed by atoms with E-state index < -0.39 is 0 Å². The third-order valence-corrected chi connectivity index (χ3v) is 6.04. The average molecular weight is 387 g/mol. The molecule has 1 aromatic carbocycles. The summed E-state index contributed by atoms with van der Waals surface area (Å²) in [5.74, 6) is 0.234. The lowest BCUT2D eigenvalue weighted by Gasteiger charge is -2.37. The minimum absolute atomic E-state index is 0.0148. The maximum Gasteiger partial charge on any atom is 0.317 e. The highest BCUT2D eigenvalue weighted by atomic mass is 16.2. The second kappa shape index (κ2) is 9.92. The Balaban J connectivity index is 1.46. The van der Waals surface area contributed by atoms with Gasteiger partial charge in [0, 0.05) is 52.2 Å². The smallest absolute Gasteiger partial charge is 0.317 e. The standard InChI is InChI=1S/C22H34N4O2/c1-24(2)21(27)19-11-14-25(15-12-19)22(28)23-16-20-10-6-7-13-26(20)17-18-8-4-3-5-9-18/h3-5,8-9,19-20H,6-7,10-17H2,1-2H3,(H,23,28). The first-order chi connectivity index (χ1) is 13.5. The highest BCUT2D eigenvalue weighted by Crippen LogP contribution is 2.21. The molecule has 0 bridgehead atoms. The van der Waals surface area contributed by atoms with Gasteiger partial charge in [-0.2, -0.15) is 0 Å². The van der Waals surface area contributed by atoms with Crippen LogP contribution in [0.4, 0.5) is 4.79 Å². The van der Waals surface area contributed by atoms with E-state index in [1.807, 2.05) is 11.0 Å². The fourth-order valence-corrected chi connectivity index (χ4v) is 4.33. The SMILES string of the molecule is CN(C)C(=O)C1CCN(C(=O)NCC2CCCCN2Cc2ccccc2)CC1. The van der Waals surface area contributed by atoms with Crippen LogP contribution in [0.15, 0.2) is 30.3 Å². The van der Waals surface area contributed by atoms with Crippen molar-refractivity contribution < 1.29 is 9.59 Å². The lowest BCUT2D eigenvalue weighted by Crippen LogP contribution is -2.51. The zero-order valence-electron chi connectivity index (χ0n) is 17.3. The Hall–Kier alpha value is -2.08. The van der Waals surface area contributed by atoms with E-state index in [9.17, 15) is 9.59 Å². The van der Waals surface area contributed by atoms with Gasteiger partial charge in [-0.05, 0) is 37.8 Å². The molecule has 3 rings (SSSR count). The van der Waals surface area contributed by atoms with Crippen LogP contribution in [-0.4, -0.2) is 73.0 Å². The number of amides is 3. The van der Waals surface area contributed by atoms with Gasteiger partial charge in [-0.3, -0.25) is 9.69 Å². The molecule has 6 heteroatoms. The molecule has 0 aliphatic carbocycles. The van der Waals surface area contributed by atoms with Gasteiger partial charge in [0.05, 0.1) is 0 Å². The molecule has 28 heavy (non-hydrogen) atoms. The predicted molar refractivity (Wildman–Crippen MR) is 111 cm³/mol. The van der Waals surface area contributed by atoms with Crippen LogP contribution in [0.2, 0.25) is 0 Å². The summed E-state index contributed by atoms with van der Waals surface area (Å²) in [6, 6.07) is 11.0. The predicted octanol–water partition coefficient (Wildman–Crippen LogP) is 2.55. The maximum absolute atomic E-state index is 12.6. The number of piperidine rings is 2. The number of carbonyl (C=O) groups excluding carboxylic acids is 2. The highest BCUT2D eigenvalue weighted by Gasteiger charge is 2.29. The molecule has 2 saturated heterocycles. The molecule has 0 radical (unpaired) electrons. The summed E-state index contributed by atoms with van der Waals surface area (Å²) in [6.45, 7) is 4.05. The first-order valence-electron chi connectivity index (χ1n) is 10.6. The van der Waals surface area contributed by atoms with Crippen molar-refractivity contribution in [1.29, 1.82) is 0 Å². The number of hydrogen-bond acceptors (Lipinski definition) is 3. The third-order valence-electron chi connectivity index (χ3n) is 6.04. The molecular weight excluding hydrogens is 352 g/mol. The minimum Gasteiger partial charge on any atom is -0.349 e. The van der Waals surface area contributed by atoms with Gasteiger partial charge in [0.1, 0.15) is 0 Å². The van der Waals surface area contributed by atoms with Gasteiger partial charge in [0.2, 0.25) is 5.91 Å². The van der Waals surface area contributed by atoms with Crippen molar-refractivity contribution in [1.82, 2.24) is 20.0 Å². The molecule has 6 nitrogen and oxygen atoms in total. The zero-order chi connectivity index (χ0) is 19.9. The molecular formula is C22H34N4O2. The lowest BCUT2D eigenvalue weighted by atomic mass is 9.96. The second-order valence-corrected chi connectivity index (χ2v) is 8.29. The molecule has 0 aromatic heterocycles. The van der Waals surface area contributed by atoms with Crippen molar-refractivity contribution in [3.8, 4) is 0 Å². The van der Waals surface area contributed by atoms with Crippen molar-refractivity contribution in [3.63, 3.8) is 0 Å². The Morgan fingerprint density at radius 2 is 1.75 bits per heavy atom. The van der Waals surface area contributed by atoms with E-state index in [0.717, 1.165) is 32.4 Å². The van der Waals surface area contributed by atoms with Gasteiger partial charge in [-0.25, -0.2) is 4.79 Å². The van der Waals surface area contributed by atoms with Crippen LogP contribution in [0.25, 0.3) is 0 Å². The fraction of sp³-hybridized carbons (Fsp3) is 0.636. The summed E-state index contributed by atoms with van der Waals surface area (Å²) in [7, 11) is 3.60. The van der Waals surface area contributed by atoms with Crippen LogP contribution < -0.4 is 5.32 Å². The average Bonchev–Trinajstić information content (AvgIpc) is 2.73. The largest absolute Gasteiger partial charge is 0.349 e. The maximum atomic E-state index is 12.6. The Kier molecular flexibility index (Phi) is 7.31. The summed E-state index contributed by atoms with van der Waals surface area (Å²) < 4.78 is 0. The fourth-order valence-electron chi connectivity index (χ4n) is 4.33. The summed E-state index contributed by atoms with van der Waals surface area (Å²) in [5, 5.41) is 3.15. The monoisotopic (exact) mass is 386 g/mol. The van der Waals surface area contributed by atoms with E-state index in [-0.39, 0.29) is 17.9 Å². The van der Waals surface area contributed by atoms with Gasteiger partial charge >= 0.3 is 6.03 Å². The molecule has 1 aromatic rings. The van der Waals surface area contributed by atoms with E-state index in [0.29, 0.717) is 25.7 Å². The lowest BCUT2D eigenvalue weighted by molar-refractivity contribution is -0.134. The number of rotatable bonds is 5. The molecule has 2 heterocycles. The topological polar surface area (TPSA) is 55.9 Å². The molecule has 154 valence electrons. The zero-order valence-corrected chi connectivity index (χ0v) is 17.3. The van der Waals surface area contributed by atoms with Gasteiger partial charge in [0.25, 0.3) is 0 Å². The van der Waals surface area contributed by atoms with Gasteiger partial charge < -0.3 is 15.1 Å². The first-order valence-corrected chi connectivity index (χ1v) is 10.6. The van der Waals surface area contributed by atoms with E-state index in [1.54, 1.807) is 19.0 Å². The molecule has 1 unspecified atom stereocenters. The Morgan fingerprint density at radius 1 is 1.04 bits per heavy atom.